The number of imidazole rings is 1. The normalized spacial score (nSPS) is 21.7. The summed E-state index contributed by atoms with van der Waals surface area (Å²) in [5.74, 6) is 3.45. The molecule has 1 aromatic heterocycles. The van der Waals surface area contributed by atoms with Crippen LogP contribution in [0.2, 0.25) is 0 Å². The molecule has 1 saturated carbocycles. The number of aromatic nitrogens is 2. The van der Waals surface area contributed by atoms with E-state index >= 15 is 0 Å². The SMILES string of the molecule is COc1cc2nc(CCl)n(C3CC3C)c2cc1OC. The van der Waals surface area contributed by atoms with E-state index in [-0.39, 0.29) is 0 Å². The summed E-state index contributed by atoms with van der Waals surface area (Å²) in [5.41, 5.74) is 1.98. The fourth-order valence-corrected chi connectivity index (χ4v) is 2.79. The van der Waals surface area contributed by atoms with E-state index in [1.807, 2.05) is 12.1 Å². The van der Waals surface area contributed by atoms with Crippen molar-refractivity contribution >= 4 is 22.6 Å². The first-order chi connectivity index (χ1) is 9.19. The van der Waals surface area contributed by atoms with Gasteiger partial charge in [-0.3, -0.25) is 0 Å². The van der Waals surface area contributed by atoms with E-state index in [0.29, 0.717) is 23.6 Å². The molecule has 0 amide bonds. The first-order valence-corrected chi connectivity index (χ1v) is 6.91. The zero-order chi connectivity index (χ0) is 13.6. The third kappa shape index (κ3) is 1.94. The van der Waals surface area contributed by atoms with Crippen LogP contribution in [0.3, 0.4) is 0 Å². The van der Waals surface area contributed by atoms with Gasteiger partial charge in [-0.1, -0.05) is 6.92 Å². The Morgan fingerprint density at radius 1 is 1.32 bits per heavy atom. The lowest BCUT2D eigenvalue weighted by molar-refractivity contribution is 0.355. The summed E-state index contributed by atoms with van der Waals surface area (Å²) in [5, 5.41) is 0. The molecule has 0 radical (unpaired) electrons. The molecule has 4 nitrogen and oxygen atoms in total. The minimum absolute atomic E-state index is 0.419. The Morgan fingerprint density at radius 3 is 2.47 bits per heavy atom. The van der Waals surface area contributed by atoms with Crippen LogP contribution >= 0.6 is 11.6 Å². The summed E-state index contributed by atoms with van der Waals surface area (Å²) < 4.78 is 12.9. The molecule has 0 aliphatic heterocycles. The van der Waals surface area contributed by atoms with Gasteiger partial charge in [0.15, 0.2) is 11.5 Å². The van der Waals surface area contributed by atoms with Crippen molar-refractivity contribution in [3.8, 4) is 11.5 Å². The highest BCUT2D eigenvalue weighted by Gasteiger charge is 2.37. The quantitative estimate of drug-likeness (QED) is 0.806. The summed E-state index contributed by atoms with van der Waals surface area (Å²) in [6.45, 7) is 2.25. The van der Waals surface area contributed by atoms with Gasteiger partial charge in [-0.2, -0.15) is 0 Å². The highest BCUT2D eigenvalue weighted by molar-refractivity contribution is 6.16. The molecular formula is C14H17ClN2O2. The van der Waals surface area contributed by atoms with Gasteiger partial charge < -0.3 is 14.0 Å². The van der Waals surface area contributed by atoms with Crippen LogP contribution in [0.4, 0.5) is 0 Å². The number of nitrogens with zero attached hydrogens (tertiary/aromatic N) is 2. The van der Waals surface area contributed by atoms with Crippen LogP contribution in [0.25, 0.3) is 11.0 Å². The molecule has 1 heterocycles. The van der Waals surface area contributed by atoms with E-state index in [0.717, 1.165) is 22.6 Å². The predicted octanol–water partition coefficient (Wildman–Crippen LogP) is 3.37. The fraction of sp³-hybridized carbons (Fsp3) is 0.500. The van der Waals surface area contributed by atoms with Crippen molar-refractivity contribution in [2.24, 2.45) is 5.92 Å². The number of hydrogen-bond acceptors (Lipinski definition) is 3. The van der Waals surface area contributed by atoms with E-state index in [1.165, 1.54) is 6.42 Å². The van der Waals surface area contributed by atoms with Crippen molar-refractivity contribution in [2.45, 2.75) is 25.3 Å². The predicted molar refractivity (Wildman–Crippen MR) is 75.2 cm³/mol. The summed E-state index contributed by atoms with van der Waals surface area (Å²) >= 11 is 6.02. The lowest BCUT2D eigenvalue weighted by atomic mass is 10.2. The standard InChI is InChI=1S/C14H17ClN2O2/c1-8-4-10(8)17-11-6-13(19-3)12(18-2)5-9(11)16-14(17)7-15/h5-6,8,10H,4,7H2,1-3H3. The molecule has 1 fully saturated rings. The second-order valence-corrected chi connectivity index (χ2v) is 5.28. The Bertz CT molecular complexity index is 623. The largest absolute Gasteiger partial charge is 0.493 e. The smallest absolute Gasteiger partial charge is 0.163 e. The molecule has 102 valence electrons. The maximum Gasteiger partial charge on any atom is 0.163 e. The summed E-state index contributed by atoms with van der Waals surface area (Å²) in [6.07, 6.45) is 1.18. The van der Waals surface area contributed by atoms with Crippen molar-refractivity contribution in [1.82, 2.24) is 9.55 Å². The molecular weight excluding hydrogens is 264 g/mol. The number of rotatable bonds is 4. The van der Waals surface area contributed by atoms with Gasteiger partial charge >= 0.3 is 0 Å². The van der Waals surface area contributed by atoms with E-state index in [2.05, 4.69) is 16.5 Å². The first kappa shape index (κ1) is 12.6. The number of hydrogen-bond donors (Lipinski definition) is 0. The Morgan fingerprint density at radius 2 is 1.95 bits per heavy atom. The Labute approximate surface area is 117 Å². The van der Waals surface area contributed by atoms with Gasteiger partial charge in [0, 0.05) is 18.2 Å². The third-order valence-corrected chi connectivity index (χ3v) is 4.03. The van der Waals surface area contributed by atoms with Crippen molar-refractivity contribution in [3.05, 3.63) is 18.0 Å². The number of alkyl halides is 1. The van der Waals surface area contributed by atoms with E-state index in [4.69, 9.17) is 21.1 Å². The molecule has 19 heavy (non-hydrogen) atoms. The number of fused-ring (bicyclic) bond motifs is 1. The third-order valence-electron chi connectivity index (χ3n) is 3.79. The first-order valence-electron chi connectivity index (χ1n) is 6.38. The number of halogens is 1. The van der Waals surface area contributed by atoms with Crippen LogP contribution in [0.1, 0.15) is 25.2 Å². The second-order valence-electron chi connectivity index (χ2n) is 5.01. The van der Waals surface area contributed by atoms with Gasteiger partial charge in [0.25, 0.3) is 0 Å². The van der Waals surface area contributed by atoms with Crippen molar-refractivity contribution in [3.63, 3.8) is 0 Å². The van der Waals surface area contributed by atoms with Gasteiger partial charge in [-0.15, -0.1) is 11.6 Å². The monoisotopic (exact) mass is 280 g/mol. The van der Waals surface area contributed by atoms with Gasteiger partial charge in [-0.25, -0.2) is 4.98 Å². The molecule has 0 bridgehead atoms. The zero-order valence-electron chi connectivity index (χ0n) is 11.3. The molecule has 1 aliphatic carbocycles. The highest BCUT2D eigenvalue weighted by Crippen LogP contribution is 2.46. The number of methoxy groups -OCH3 is 2. The van der Waals surface area contributed by atoms with Gasteiger partial charge in [0.05, 0.1) is 31.1 Å². The number of ether oxygens (including phenoxy) is 2. The van der Waals surface area contributed by atoms with Crippen LogP contribution < -0.4 is 9.47 Å². The molecule has 0 spiro atoms. The van der Waals surface area contributed by atoms with E-state index in [1.54, 1.807) is 14.2 Å². The summed E-state index contributed by atoms with van der Waals surface area (Å²) in [4.78, 5) is 4.61. The lowest BCUT2D eigenvalue weighted by Gasteiger charge is -2.09. The van der Waals surface area contributed by atoms with Crippen molar-refractivity contribution < 1.29 is 9.47 Å². The van der Waals surface area contributed by atoms with Crippen LogP contribution in [-0.2, 0) is 5.88 Å². The average Bonchev–Trinajstić information content (AvgIpc) is 3.03. The zero-order valence-corrected chi connectivity index (χ0v) is 12.1. The maximum absolute atomic E-state index is 6.02. The van der Waals surface area contributed by atoms with Crippen LogP contribution in [0.5, 0.6) is 11.5 Å². The Balaban J connectivity index is 2.22. The Kier molecular flexibility index (Phi) is 3.05. The van der Waals surface area contributed by atoms with Crippen LogP contribution in [0, 0.1) is 5.92 Å². The molecule has 0 N–H and O–H groups in total. The fourth-order valence-electron chi connectivity index (χ4n) is 2.60. The number of benzene rings is 1. The molecule has 5 heteroatoms. The summed E-state index contributed by atoms with van der Waals surface area (Å²) in [6, 6.07) is 4.41. The summed E-state index contributed by atoms with van der Waals surface area (Å²) in [7, 11) is 3.28. The molecule has 3 rings (SSSR count). The minimum Gasteiger partial charge on any atom is -0.493 e. The lowest BCUT2D eigenvalue weighted by Crippen LogP contribution is -2.01. The van der Waals surface area contributed by atoms with Crippen LogP contribution in [-0.4, -0.2) is 23.8 Å². The van der Waals surface area contributed by atoms with Crippen molar-refractivity contribution in [1.29, 1.82) is 0 Å². The van der Waals surface area contributed by atoms with E-state index < -0.39 is 0 Å². The average molecular weight is 281 g/mol. The molecule has 2 unspecified atom stereocenters. The van der Waals surface area contributed by atoms with Crippen LogP contribution in [0.15, 0.2) is 12.1 Å². The minimum atomic E-state index is 0.419. The molecule has 1 aromatic carbocycles. The van der Waals surface area contributed by atoms with Gasteiger partial charge in [-0.05, 0) is 12.3 Å². The highest BCUT2D eigenvalue weighted by atomic mass is 35.5. The molecule has 2 atom stereocenters. The molecule has 0 saturated heterocycles. The van der Waals surface area contributed by atoms with Crippen molar-refractivity contribution in [2.75, 3.05) is 14.2 Å². The van der Waals surface area contributed by atoms with Gasteiger partial charge in [0.1, 0.15) is 5.82 Å². The van der Waals surface area contributed by atoms with E-state index in [9.17, 15) is 0 Å². The van der Waals surface area contributed by atoms with Gasteiger partial charge in [0.2, 0.25) is 0 Å². The second kappa shape index (κ2) is 4.60. The molecule has 2 aromatic rings. The maximum atomic E-state index is 6.02. The topological polar surface area (TPSA) is 36.3 Å². The molecule has 1 aliphatic rings. The Hall–Kier alpha value is -1.42.